The predicted molar refractivity (Wildman–Crippen MR) is 106 cm³/mol. The molecule has 6 heteroatoms. The smallest absolute Gasteiger partial charge is 0.410 e. The zero-order valence-corrected chi connectivity index (χ0v) is 16.4. The van der Waals surface area contributed by atoms with Crippen molar-refractivity contribution in [3.63, 3.8) is 0 Å². The van der Waals surface area contributed by atoms with Crippen molar-refractivity contribution in [3.8, 4) is 5.75 Å². The molecular weight excluding hydrogens is 359 g/mol. The molecule has 28 heavy (non-hydrogen) atoms. The van der Waals surface area contributed by atoms with Crippen molar-refractivity contribution in [2.75, 3.05) is 19.6 Å². The fraction of sp³-hybridized carbons (Fsp3) is 0.409. The SMILES string of the molecule is CC[C@@H]1CNCCN1C(=O)OCc1cc(OCc2ccccc2C)ccc1F. The van der Waals surface area contributed by atoms with Crippen LogP contribution in [0.15, 0.2) is 42.5 Å². The zero-order valence-electron chi connectivity index (χ0n) is 16.4. The summed E-state index contributed by atoms with van der Waals surface area (Å²) in [7, 11) is 0. The van der Waals surface area contributed by atoms with Gasteiger partial charge >= 0.3 is 6.09 Å². The van der Waals surface area contributed by atoms with E-state index in [2.05, 4.69) is 5.32 Å². The van der Waals surface area contributed by atoms with E-state index in [1.54, 1.807) is 17.0 Å². The van der Waals surface area contributed by atoms with E-state index in [0.29, 0.717) is 24.5 Å². The summed E-state index contributed by atoms with van der Waals surface area (Å²) in [6.07, 6.45) is 0.442. The molecule has 0 unspecified atom stereocenters. The molecule has 0 aromatic heterocycles. The van der Waals surface area contributed by atoms with Crippen molar-refractivity contribution in [2.24, 2.45) is 0 Å². The van der Waals surface area contributed by atoms with Crippen LogP contribution in [0, 0.1) is 12.7 Å². The van der Waals surface area contributed by atoms with Gasteiger partial charge in [0.25, 0.3) is 0 Å². The van der Waals surface area contributed by atoms with Gasteiger partial charge in [-0.15, -0.1) is 0 Å². The van der Waals surface area contributed by atoms with Gasteiger partial charge in [-0.3, -0.25) is 0 Å². The van der Waals surface area contributed by atoms with E-state index in [0.717, 1.165) is 30.6 Å². The number of carbonyl (C=O) groups is 1. The number of nitrogens with zero attached hydrogens (tertiary/aromatic N) is 1. The molecule has 1 N–H and O–H groups in total. The third-order valence-corrected chi connectivity index (χ3v) is 5.08. The van der Waals surface area contributed by atoms with Gasteiger partial charge in [0.2, 0.25) is 0 Å². The fourth-order valence-electron chi connectivity index (χ4n) is 3.27. The Kier molecular flexibility index (Phi) is 6.87. The molecule has 0 bridgehead atoms. The average molecular weight is 386 g/mol. The van der Waals surface area contributed by atoms with Gasteiger partial charge in [-0.25, -0.2) is 9.18 Å². The Morgan fingerprint density at radius 2 is 2.04 bits per heavy atom. The van der Waals surface area contributed by atoms with Crippen molar-refractivity contribution in [1.82, 2.24) is 10.2 Å². The summed E-state index contributed by atoms with van der Waals surface area (Å²) in [6, 6.07) is 12.6. The molecule has 1 aliphatic rings. The predicted octanol–water partition coefficient (Wildman–Crippen LogP) is 4.03. The van der Waals surface area contributed by atoms with E-state index in [9.17, 15) is 9.18 Å². The van der Waals surface area contributed by atoms with Crippen LogP contribution in [0.4, 0.5) is 9.18 Å². The molecule has 1 saturated heterocycles. The maximum atomic E-state index is 14.2. The highest BCUT2D eigenvalue weighted by Crippen LogP contribution is 2.20. The molecule has 0 spiro atoms. The second-order valence-electron chi connectivity index (χ2n) is 6.98. The van der Waals surface area contributed by atoms with Crippen LogP contribution in [-0.2, 0) is 18.0 Å². The normalized spacial score (nSPS) is 16.7. The van der Waals surface area contributed by atoms with Crippen molar-refractivity contribution >= 4 is 6.09 Å². The molecule has 0 radical (unpaired) electrons. The second-order valence-corrected chi connectivity index (χ2v) is 6.98. The highest BCUT2D eigenvalue weighted by atomic mass is 19.1. The number of ether oxygens (including phenoxy) is 2. The Hall–Kier alpha value is -2.60. The number of piperazine rings is 1. The van der Waals surface area contributed by atoms with Gasteiger partial charge in [-0.2, -0.15) is 0 Å². The van der Waals surface area contributed by atoms with Crippen molar-refractivity contribution in [3.05, 3.63) is 65.0 Å². The Morgan fingerprint density at radius 3 is 2.82 bits per heavy atom. The summed E-state index contributed by atoms with van der Waals surface area (Å²) >= 11 is 0. The third-order valence-electron chi connectivity index (χ3n) is 5.08. The number of rotatable bonds is 6. The largest absolute Gasteiger partial charge is 0.489 e. The summed E-state index contributed by atoms with van der Waals surface area (Å²) in [6.45, 7) is 6.42. The average Bonchev–Trinajstić information content (AvgIpc) is 2.73. The number of aryl methyl sites for hydroxylation is 1. The van der Waals surface area contributed by atoms with E-state index in [1.165, 1.54) is 6.07 Å². The molecule has 1 heterocycles. The maximum absolute atomic E-state index is 14.2. The first-order valence-electron chi connectivity index (χ1n) is 9.68. The molecule has 1 amide bonds. The van der Waals surface area contributed by atoms with Crippen LogP contribution >= 0.6 is 0 Å². The molecule has 1 atom stereocenters. The molecule has 5 nitrogen and oxygen atoms in total. The van der Waals surface area contributed by atoms with Crippen molar-refractivity contribution < 1.29 is 18.7 Å². The highest BCUT2D eigenvalue weighted by molar-refractivity contribution is 5.68. The third kappa shape index (κ3) is 5.01. The molecule has 0 aliphatic carbocycles. The quantitative estimate of drug-likeness (QED) is 0.814. The topological polar surface area (TPSA) is 50.8 Å². The summed E-state index contributed by atoms with van der Waals surface area (Å²) in [5.41, 5.74) is 2.52. The number of halogens is 1. The molecule has 150 valence electrons. The number of carbonyl (C=O) groups excluding carboxylic acids is 1. The number of hydrogen-bond donors (Lipinski definition) is 1. The molecule has 0 saturated carbocycles. The van der Waals surface area contributed by atoms with Crippen LogP contribution < -0.4 is 10.1 Å². The minimum atomic E-state index is -0.414. The van der Waals surface area contributed by atoms with Crippen LogP contribution in [-0.4, -0.2) is 36.7 Å². The van der Waals surface area contributed by atoms with E-state index >= 15 is 0 Å². The Morgan fingerprint density at radius 1 is 1.21 bits per heavy atom. The van der Waals surface area contributed by atoms with Crippen LogP contribution in [0.2, 0.25) is 0 Å². The summed E-state index contributed by atoms with van der Waals surface area (Å²) < 4.78 is 25.3. The Bertz CT molecular complexity index is 812. The molecule has 2 aromatic rings. The van der Waals surface area contributed by atoms with E-state index in [4.69, 9.17) is 9.47 Å². The molecule has 3 rings (SSSR count). The van der Waals surface area contributed by atoms with E-state index < -0.39 is 11.9 Å². The fourth-order valence-corrected chi connectivity index (χ4v) is 3.27. The number of amides is 1. The first kappa shape index (κ1) is 20.1. The lowest BCUT2D eigenvalue weighted by Gasteiger charge is -2.34. The lowest BCUT2D eigenvalue weighted by atomic mass is 10.1. The minimum absolute atomic E-state index is 0.106. The van der Waals surface area contributed by atoms with Gasteiger partial charge in [0.05, 0.1) is 0 Å². The van der Waals surface area contributed by atoms with Gasteiger partial charge < -0.3 is 19.7 Å². The zero-order chi connectivity index (χ0) is 19.9. The van der Waals surface area contributed by atoms with Gasteiger partial charge in [-0.05, 0) is 42.7 Å². The monoisotopic (exact) mass is 386 g/mol. The Balaban J connectivity index is 1.60. The summed E-state index contributed by atoms with van der Waals surface area (Å²) in [4.78, 5) is 14.1. The number of nitrogens with one attached hydrogen (secondary N) is 1. The summed E-state index contributed by atoms with van der Waals surface area (Å²) in [5, 5.41) is 3.27. The molecule has 1 aliphatic heterocycles. The number of benzene rings is 2. The lowest BCUT2D eigenvalue weighted by Crippen LogP contribution is -2.53. The van der Waals surface area contributed by atoms with Crippen LogP contribution in [0.5, 0.6) is 5.75 Å². The van der Waals surface area contributed by atoms with Crippen molar-refractivity contribution in [1.29, 1.82) is 0 Å². The number of hydrogen-bond acceptors (Lipinski definition) is 4. The Labute approximate surface area is 165 Å². The van der Waals surface area contributed by atoms with E-state index in [-0.39, 0.29) is 12.6 Å². The highest BCUT2D eigenvalue weighted by Gasteiger charge is 2.26. The first-order valence-corrected chi connectivity index (χ1v) is 9.68. The standard InChI is InChI=1S/C22H27FN2O3/c1-3-19-13-24-10-11-25(19)22(26)28-15-18-12-20(8-9-21(18)23)27-14-17-7-5-4-6-16(17)2/h4-9,12,19,24H,3,10-11,13-15H2,1-2H3/t19-/m1/s1. The van der Waals surface area contributed by atoms with Gasteiger partial charge in [-0.1, -0.05) is 31.2 Å². The molecular formula is C22H27FN2O3. The first-order chi connectivity index (χ1) is 13.6. The second kappa shape index (κ2) is 9.55. The molecule has 2 aromatic carbocycles. The molecule has 1 fully saturated rings. The van der Waals surface area contributed by atoms with Crippen LogP contribution in [0.25, 0.3) is 0 Å². The van der Waals surface area contributed by atoms with Gasteiger partial charge in [0.15, 0.2) is 0 Å². The van der Waals surface area contributed by atoms with Crippen LogP contribution in [0.3, 0.4) is 0 Å². The van der Waals surface area contributed by atoms with E-state index in [1.807, 2.05) is 38.1 Å². The minimum Gasteiger partial charge on any atom is -0.489 e. The summed E-state index contributed by atoms with van der Waals surface area (Å²) in [5.74, 6) is 0.132. The van der Waals surface area contributed by atoms with Gasteiger partial charge in [0, 0.05) is 31.2 Å². The van der Waals surface area contributed by atoms with Gasteiger partial charge in [0.1, 0.15) is 24.8 Å². The lowest BCUT2D eigenvalue weighted by molar-refractivity contribution is 0.0706. The van der Waals surface area contributed by atoms with Crippen LogP contribution in [0.1, 0.15) is 30.0 Å². The maximum Gasteiger partial charge on any atom is 0.410 e. The van der Waals surface area contributed by atoms with Crippen molar-refractivity contribution in [2.45, 2.75) is 39.5 Å².